The summed E-state index contributed by atoms with van der Waals surface area (Å²) < 4.78 is 0. The maximum atomic E-state index is 12.2. The first-order chi connectivity index (χ1) is 10.2. The van der Waals surface area contributed by atoms with Gasteiger partial charge in [-0.3, -0.25) is 4.79 Å². The topological polar surface area (TPSA) is 52.6 Å². The van der Waals surface area contributed by atoms with Gasteiger partial charge in [-0.2, -0.15) is 0 Å². The average molecular weight is 294 g/mol. The maximum Gasteiger partial charge on any atom is 0.225 e. The summed E-state index contributed by atoms with van der Waals surface area (Å²) in [5.74, 6) is 0.862. The van der Waals surface area contributed by atoms with Crippen molar-refractivity contribution in [3.63, 3.8) is 0 Å². The number of carbonyl (C=O) groups excluding carboxylic acids is 1. The number of hydrogen-bond acceptors (Lipinski definition) is 3. The number of rotatable bonds is 4. The maximum absolute atomic E-state index is 12.2. The molecule has 120 valence electrons. The molecule has 21 heavy (non-hydrogen) atoms. The van der Waals surface area contributed by atoms with Gasteiger partial charge in [-0.1, -0.05) is 12.8 Å². The summed E-state index contributed by atoms with van der Waals surface area (Å²) >= 11 is 0. The van der Waals surface area contributed by atoms with E-state index in [9.17, 15) is 9.90 Å². The molecule has 4 heteroatoms. The van der Waals surface area contributed by atoms with Gasteiger partial charge in [0.05, 0.1) is 12.0 Å². The highest BCUT2D eigenvalue weighted by atomic mass is 16.3. The highest BCUT2D eigenvalue weighted by Gasteiger charge is 2.33. The van der Waals surface area contributed by atoms with Gasteiger partial charge in [-0.25, -0.2) is 0 Å². The molecule has 2 unspecified atom stereocenters. The van der Waals surface area contributed by atoms with Crippen LogP contribution in [0.4, 0.5) is 0 Å². The highest BCUT2D eigenvalue weighted by Crippen LogP contribution is 2.27. The lowest BCUT2D eigenvalue weighted by atomic mass is 9.99. The van der Waals surface area contributed by atoms with Crippen LogP contribution >= 0.6 is 0 Å². The molecular weight excluding hydrogens is 264 g/mol. The first-order valence-corrected chi connectivity index (χ1v) is 8.93. The van der Waals surface area contributed by atoms with Crippen LogP contribution in [0.2, 0.25) is 0 Å². The van der Waals surface area contributed by atoms with Crippen LogP contribution in [0.25, 0.3) is 0 Å². The number of nitrogens with zero attached hydrogens (tertiary/aromatic N) is 1. The molecule has 0 spiro atoms. The van der Waals surface area contributed by atoms with Crippen LogP contribution in [0.5, 0.6) is 0 Å². The predicted molar refractivity (Wildman–Crippen MR) is 82.9 cm³/mol. The van der Waals surface area contributed by atoms with Crippen molar-refractivity contribution >= 4 is 5.91 Å². The molecule has 1 saturated heterocycles. The molecule has 0 radical (unpaired) electrons. The molecule has 1 aliphatic heterocycles. The number of nitrogens with one attached hydrogen (secondary N) is 1. The first-order valence-electron chi connectivity index (χ1n) is 8.93. The van der Waals surface area contributed by atoms with Crippen molar-refractivity contribution < 1.29 is 9.90 Å². The fourth-order valence-electron chi connectivity index (χ4n) is 4.37. The van der Waals surface area contributed by atoms with Crippen molar-refractivity contribution in [3.05, 3.63) is 0 Å². The summed E-state index contributed by atoms with van der Waals surface area (Å²) in [5.41, 5.74) is 0. The largest absolute Gasteiger partial charge is 0.392 e. The summed E-state index contributed by atoms with van der Waals surface area (Å²) in [7, 11) is 0. The lowest BCUT2D eigenvalue weighted by Crippen LogP contribution is -2.48. The van der Waals surface area contributed by atoms with Gasteiger partial charge in [0.15, 0.2) is 0 Å². The van der Waals surface area contributed by atoms with Crippen LogP contribution in [-0.2, 0) is 4.79 Å². The zero-order valence-electron chi connectivity index (χ0n) is 13.1. The monoisotopic (exact) mass is 294 g/mol. The Morgan fingerprint density at radius 2 is 1.71 bits per heavy atom. The summed E-state index contributed by atoms with van der Waals surface area (Å²) in [4.78, 5) is 14.8. The van der Waals surface area contributed by atoms with E-state index in [4.69, 9.17) is 0 Å². The van der Waals surface area contributed by atoms with E-state index in [-0.39, 0.29) is 11.8 Å². The fraction of sp³-hybridized carbons (Fsp3) is 0.941. The Labute approximate surface area is 128 Å². The van der Waals surface area contributed by atoms with E-state index < -0.39 is 6.10 Å². The van der Waals surface area contributed by atoms with Gasteiger partial charge in [-0.05, 0) is 50.9 Å². The van der Waals surface area contributed by atoms with Gasteiger partial charge in [0.25, 0.3) is 0 Å². The molecule has 3 aliphatic rings. The smallest absolute Gasteiger partial charge is 0.225 e. The van der Waals surface area contributed by atoms with Crippen molar-refractivity contribution in [2.45, 2.75) is 69.9 Å². The molecule has 3 fully saturated rings. The minimum Gasteiger partial charge on any atom is -0.392 e. The van der Waals surface area contributed by atoms with Gasteiger partial charge >= 0.3 is 0 Å². The normalized spacial score (nSPS) is 32.6. The molecule has 2 N–H and O–H groups in total. The van der Waals surface area contributed by atoms with Crippen LogP contribution in [-0.4, -0.2) is 47.7 Å². The minimum absolute atomic E-state index is 0.0919. The number of likely N-dealkylation sites (tertiary alicyclic amines) is 1. The van der Waals surface area contributed by atoms with Crippen molar-refractivity contribution in [3.8, 4) is 0 Å². The Hall–Kier alpha value is -0.610. The number of aliphatic hydroxyl groups is 1. The number of aliphatic hydroxyl groups excluding tert-OH is 1. The Kier molecular flexibility index (Phi) is 5.17. The number of hydrogen-bond donors (Lipinski definition) is 2. The Balaban J connectivity index is 1.38. The van der Waals surface area contributed by atoms with Crippen LogP contribution in [0.3, 0.4) is 0 Å². The van der Waals surface area contributed by atoms with Gasteiger partial charge in [0.2, 0.25) is 5.91 Å². The third-order valence-electron chi connectivity index (χ3n) is 5.74. The van der Waals surface area contributed by atoms with Crippen LogP contribution in [0, 0.1) is 11.8 Å². The lowest BCUT2D eigenvalue weighted by molar-refractivity contribution is -0.128. The second-order valence-electron chi connectivity index (χ2n) is 7.34. The zero-order chi connectivity index (χ0) is 14.7. The lowest BCUT2D eigenvalue weighted by Gasteiger charge is -2.34. The molecule has 4 nitrogen and oxygen atoms in total. The molecule has 0 aromatic heterocycles. The van der Waals surface area contributed by atoms with E-state index in [1.165, 1.54) is 32.2 Å². The first kappa shape index (κ1) is 15.3. The predicted octanol–water partition coefficient (Wildman–Crippen LogP) is 1.92. The van der Waals surface area contributed by atoms with Crippen molar-refractivity contribution in [1.82, 2.24) is 10.2 Å². The quantitative estimate of drug-likeness (QED) is 0.833. The molecule has 2 atom stereocenters. The number of amides is 1. The molecular formula is C17H30N2O2. The van der Waals surface area contributed by atoms with E-state index >= 15 is 0 Å². The Morgan fingerprint density at radius 3 is 2.33 bits per heavy atom. The zero-order valence-corrected chi connectivity index (χ0v) is 13.1. The minimum atomic E-state index is -0.410. The van der Waals surface area contributed by atoms with E-state index in [0.29, 0.717) is 6.04 Å². The van der Waals surface area contributed by atoms with E-state index in [0.717, 1.165) is 51.1 Å². The van der Waals surface area contributed by atoms with E-state index in [1.807, 2.05) is 0 Å². The molecule has 2 aliphatic carbocycles. The second kappa shape index (κ2) is 7.10. The van der Waals surface area contributed by atoms with Crippen LogP contribution < -0.4 is 5.32 Å². The highest BCUT2D eigenvalue weighted by molar-refractivity contribution is 5.79. The van der Waals surface area contributed by atoms with Gasteiger partial charge < -0.3 is 15.3 Å². The molecule has 1 heterocycles. The van der Waals surface area contributed by atoms with E-state index in [1.54, 1.807) is 0 Å². The average Bonchev–Trinajstić information content (AvgIpc) is 3.12. The van der Waals surface area contributed by atoms with Gasteiger partial charge in [0, 0.05) is 25.7 Å². The third kappa shape index (κ3) is 3.98. The van der Waals surface area contributed by atoms with Crippen LogP contribution in [0.15, 0.2) is 0 Å². The number of piperidine rings is 1. The van der Waals surface area contributed by atoms with Gasteiger partial charge in [0.1, 0.15) is 0 Å². The van der Waals surface area contributed by atoms with Gasteiger partial charge in [-0.15, -0.1) is 0 Å². The summed E-state index contributed by atoms with van der Waals surface area (Å²) in [6, 6.07) is 0.324. The molecule has 2 saturated carbocycles. The summed E-state index contributed by atoms with van der Waals surface area (Å²) in [6.45, 7) is 3.51. The summed E-state index contributed by atoms with van der Waals surface area (Å²) in [6.07, 6.45) is 10.0. The second-order valence-corrected chi connectivity index (χ2v) is 7.34. The van der Waals surface area contributed by atoms with Crippen LogP contribution in [0.1, 0.15) is 57.8 Å². The molecule has 0 aromatic rings. The molecule has 0 bridgehead atoms. The summed E-state index contributed by atoms with van der Waals surface area (Å²) in [5, 5.41) is 13.0. The molecule has 0 aromatic carbocycles. The number of carbonyl (C=O) groups is 1. The van der Waals surface area contributed by atoms with E-state index in [2.05, 4.69) is 10.2 Å². The molecule has 3 rings (SSSR count). The SMILES string of the molecule is O=C(NC1CCN(CC2CCCC2)CC1)C1CCCC1O. The van der Waals surface area contributed by atoms with Crippen molar-refractivity contribution in [2.75, 3.05) is 19.6 Å². The fourth-order valence-corrected chi connectivity index (χ4v) is 4.37. The van der Waals surface area contributed by atoms with Crippen molar-refractivity contribution in [1.29, 1.82) is 0 Å². The molecule has 1 amide bonds. The van der Waals surface area contributed by atoms with Crippen molar-refractivity contribution in [2.24, 2.45) is 11.8 Å². The third-order valence-corrected chi connectivity index (χ3v) is 5.74. The standard InChI is InChI=1S/C17H30N2O2/c20-16-7-3-6-15(16)17(21)18-14-8-10-19(11-9-14)12-13-4-1-2-5-13/h13-16,20H,1-12H2,(H,18,21). The Morgan fingerprint density at radius 1 is 1.00 bits per heavy atom. The Bertz CT molecular complexity index is 347.